The fourth-order valence-corrected chi connectivity index (χ4v) is 3.16. The van der Waals surface area contributed by atoms with Crippen LogP contribution in [-0.2, 0) is 18.3 Å². The van der Waals surface area contributed by atoms with E-state index in [-0.39, 0.29) is 5.54 Å². The summed E-state index contributed by atoms with van der Waals surface area (Å²) in [7, 11) is 0. The Balaban J connectivity index is 2.04. The van der Waals surface area contributed by atoms with Gasteiger partial charge in [0.05, 0.1) is 5.54 Å². The van der Waals surface area contributed by atoms with Crippen LogP contribution in [0.3, 0.4) is 0 Å². The summed E-state index contributed by atoms with van der Waals surface area (Å²) in [6.07, 6.45) is -2.58. The van der Waals surface area contributed by atoms with E-state index in [2.05, 4.69) is 10.6 Å². The zero-order valence-corrected chi connectivity index (χ0v) is 9.98. The van der Waals surface area contributed by atoms with Gasteiger partial charge in [0.15, 0.2) is 0 Å². The molecular weight excluding hydrogens is 243 g/mol. The van der Waals surface area contributed by atoms with Crippen LogP contribution in [0, 0.1) is 0 Å². The van der Waals surface area contributed by atoms with Gasteiger partial charge in [0.2, 0.25) is 0 Å². The predicted molar refractivity (Wildman–Crippen MR) is 61.2 cm³/mol. The normalized spacial score (nSPS) is 23.1. The lowest BCUT2D eigenvalue weighted by Crippen LogP contribution is -2.54. The molecule has 18 heavy (non-hydrogen) atoms. The molecule has 6 heteroatoms. The van der Waals surface area contributed by atoms with Crippen LogP contribution in [0.25, 0.3) is 0 Å². The summed E-state index contributed by atoms with van der Waals surface area (Å²) in [5.74, 6) is 0. The van der Waals surface area contributed by atoms with Gasteiger partial charge < -0.3 is 15.2 Å². The van der Waals surface area contributed by atoms with Gasteiger partial charge in [-0.25, -0.2) is 0 Å². The molecule has 0 atom stereocenters. The maximum atomic E-state index is 12.9. The van der Waals surface area contributed by atoms with Gasteiger partial charge in [-0.15, -0.1) is 0 Å². The third-order valence-electron chi connectivity index (χ3n) is 4.02. The molecule has 2 N–H and O–H groups in total. The highest BCUT2D eigenvalue weighted by Gasteiger charge is 2.42. The van der Waals surface area contributed by atoms with Crippen LogP contribution in [0.15, 0.2) is 12.1 Å². The minimum atomic E-state index is -4.26. The average Bonchev–Trinajstić information content (AvgIpc) is 2.75. The van der Waals surface area contributed by atoms with Gasteiger partial charge >= 0.3 is 6.18 Å². The lowest BCUT2D eigenvalue weighted by atomic mass is 9.84. The molecule has 2 aliphatic heterocycles. The molecule has 0 aliphatic carbocycles. The Hall–Kier alpha value is -1.01. The van der Waals surface area contributed by atoms with Gasteiger partial charge in [-0.3, -0.25) is 0 Å². The number of hydrogen-bond acceptors (Lipinski definition) is 2. The molecule has 1 aromatic rings. The molecular formula is C12H16F3N3. The van der Waals surface area contributed by atoms with Crippen LogP contribution >= 0.6 is 0 Å². The number of alkyl halides is 3. The molecule has 0 amide bonds. The SMILES string of the molecule is FC(F)(F)c1ccc2n1CCNC21CCNCC1. The average molecular weight is 259 g/mol. The first-order chi connectivity index (χ1) is 8.53. The van der Waals surface area contributed by atoms with Gasteiger partial charge in [0.25, 0.3) is 0 Å². The first-order valence-electron chi connectivity index (χ1n) is 6.26. The van der Waals surface area contributed by atoms with E-state index in [0.29, 0.717) is 13.1 Å². The summed E-state index contributed by atoms with van der Waals surface area (Å²) in [5, 5.41) is 6.68. The molecule has 100 valence electrons. The largest absolute Gasteiger partial charge is 0.431 e. The monoisotopic (exact) mass is 259 g/mol. The van der Waals surface area contributed by atoms with E-state index in [1.807, 2.05) is 0 Å². The molecule has 0 bridgehead atoms. The van der Waals surface area contributed by atoms with E-state index >= 15 is 0 Å². The van der Waals surface area contributed by atoms with Crippen molar-refractivity contribution >= 4 is 0 Å². The number of fused-ring (bicyclic) bond motifs is 2. The van der Waals surface area contributed by atoms with E-state index in [9.17, 15) is 13.2 Å². The number of rotatable bonds is 0. The molecule has 0 unspecified atom stereocenters. The van der Waals surface area contributed by atoms with Gasteiger partial charge in [-0.1, -0.05) is 0 Å². The third kappa shape index (κ3) is 1.75. The van der Waals surface area contributed by atoms with Crippen LogP contribution in [0.4, 0.5) is 13.2 Å². The molecule has 1 fully saturated rings. The minimum absolute atomic E-state index is 0.271. The summed E-state index contributed by atoms with van der Waals surface area (Å²) in [4.78, 5) is 0. The first kappa shape index (κ1) is 12.0. The van der Waals surface area contributed by atoms with E-state index < -0.39 is 11.9 Å². The zero-order chi connectivity index (χ0) is 12.8. The van der Waals surface area contributed by atoms with Gasteiger partial charge in [-0.2, -0.15) is 13.2 Å². The first-order valence-corrected chi connectivity index (χ1v) is 6.26. The van der Waals surface area contributed by atoms with Crippen LogP contribution in [-0.4, -0.2) is 24.2 Å². The number of nitrogens with zero attached hydrogens (tertiary/aromatic N) is 1. The van der Waals surface area contributed by atoms with E-state index in [0.717, 1.165) is 31.6 Å². The lowest BCUT2D eigenvalue weighted by molar-refractivity contribution is -0.144. The van der Waals surface area contributed by atoms with Crippen molar-refractivity contribution in [3.63, 3.8) is 0 Å². The Labute approximate surface area is 103 Å². The molecule has 1 aromatic heterocycles. The predicted octanol–water partition coefficient (Wildman–Crippen LogP) is 1.69. The summed E-state index contributed by atoms with van der Waals surface area (Å²) < 4.78 is 40.2. The van der Waals surface area contributed by atoms with E-state index in [1.165, 1.54) is 10.6 Å². The molecule has 0 radical (unpaired) electrons. The standard InChI is InChI=1S/C12H16F3N3/c13-12(14,15)10-2-1-9-11(3-5-16-6-4-11)17-7-8-18(9)10/h1-2,16-17H,3-8H2. The van der Waals surface area contributed by atoms with Crippen LogP contribution in [0.5, 0.6) is 0 Å². The fourth-order valence-electron chi connectivity index (χ4n) is 3.16. The number of nitrogens with one attached hydrogen (secondary N) is 2. The molecule has 3 rings (SSSR count). The quantitative estimate of drug-likeness (QED) is 0.742. The van der Waals surface area contributed by atoms with Crippen LogP contribution in [0.2, 0.25) is 0 Å². The topological polar surface area (TPSA) is 29.0 Å². The Bertz CT molecular complexity index is 444. The Morgan fingerprint density at radius 3 is 2.50 bits per heavy atom. The fraction of sp³-hybridized carbons (Fsp3) is 0.667. The third-order valence-corrected chi connectivity index (χ3v) is 4.02. The lowest BCUT2D eigenvalue weighted by Gasteiger charge is -2.43. The van der Waals surface area contributed by atoms with Gasteiger partial charge in [0, 0.05) is 18.8 Å². The summed E-state index contributed by atoms with van der Waals surface area (Å²) in [6.45, 7) is 2.69. The zero-order valence-electron chi connectivity index (χ0n) is 9.98. The Kier molecular flexibility index (Phi) is 2.67. The molecule has 3 heterocycles. The summed E-state index contributed by atoms with van der Waals surface area (Å²) in [5.41, 5.74) is 0.00647. The van der Waals surface area contributed by atoms with Crippen molar-refractivity contribution in [3.05, 3.63) is 23.5 Å². The maximum Gasteiger partial charge on any atom is 0.431 e. The molecule has 0 saturated carbocycles. The van der Waals surface area contributed by atoms with E-state index in [1.54, 1.807) is 6.07 Å². The van der Waals surface area contributed by atoms with Crippen molar-refractivity contribution in [1.82, 2.24) is 15.2 Å². The smallest absolute Gasteiger partial charge is 0.338 e. The highest BCUT2D eigenvalue weighted by Crippen LogP contribution is 2.38. The molecule has 3 nitrogen and oxygen atoms in total. The number of halogens is 3. The van der Waals surface area contributed by atoms with Crippen molar-refractivity contribution in [2.24, 2.45) is 0 Å². The minimum Gasteiger partial charge on any atom is -0.338 e. The summed E-state index contributed by atoms with van der Waals surface area (Å²) >= 11 is 0. The second kappa shape index (κ2) is 3.99. The van der Waals surface area contributed by atoms with Crippen molar-refractivity contribution in [2.45, 2.75) is 31.1 Å². The van der Waals surface area contributed by atoms with Crippen molar-refractivity contribution in [3.8, 4) is 0 Å². The number of hydrogen-bond donors (Lipinski definition) is 2. The second-order valence-electron chi connectivity index (χ2n) is 5.01. The van der Waals surface area contributed by atoms with Crippen molar-refractivity contribution in [1.29, 1.82) is 0 Å². The Morgan fingerprint density at radius 2 is 1.83 bits per heavy atom. The Morgan fingerprint density at radius 1 is 1.11 bits per heavy atom. The molecule has 0 aromatic carbocycles. The number of piperidine rings is 1. The second-order valence-corrected chi connectivity index (χ2v) is 5.01. The van der Waals surface area contributed by atoms with Crippen molar-refractivity contribution < 1.29 is 13.2 Å². The molecule has 2 aliphatic rings. The number of aromatic nitrogens is 1. The highest BCUT2D eigenvalue weighted by molar-refractivity contribution is 5.28. The van der Waals surface area contributed by atoms with E-state index in [4.69, 9.17) is 0 Å². The maximum absolute atomic E-state index is 12.9. The van der Waals surface area contributed by atoms with Crippen molar-refractivity contribution in [2.75, 3.05) is 19.6 Å². The highest BCUT2D eigenvalue weighted by atomic mass is 19.4. The van der Waals surface area contributed by atoms with Crippen LogP contribution < -0.4 is 10.6 Å². The van der Waals surface area contributed by atoms with Gasteiger partial charge in [-0.05, 0) is 38.1 Å². The molecule has 1 saturated heterocycles. The van der Waals surface area contributed by atoms with Gasteiger partial charge in [0.1, 0.15) is 5.69 Å². The van der Waals surface area contributed by atoms with Crippen LogP contribution in [0.1, 0.15) is 24.2 Å². The molecule has 1 spiro atoms. The summed E-state index contributed by atoms with van der Waals surface area (Å²) in [6, 6.07) is 2.85.